The Morgan fingerprint density at radius 1 is 1.15 bits per heavy atom. The summed E-state index contributed by atoms with van der Waals surface area (Å²) < 4.78 is 16.1. The number of hydrogen-bond donors (Lipinski definition) is 2. The Morgan fingerprint density at radius 2 is 1.74 bits per heavy atom. The maximum absolute atomic E-state index is 13.8. The number of amides is 1. The third kappa shape index (κ3) is 4.13. The monoisotopic (exact) mass is 392 g/mol. The van der Waals surface area contributed by atoms with Crippen LogP contribution in [0.3, 0.4) is 0 Å². The predicted octanol–water partition coefficient (Wildman–Crippen LogP) is 1.66. The molecule has 1 heterocycles. The van der Waals surface area contributed by atoms with E-state index in [0.29, 0.717) is 19.4 Å². The highest BCUT2D eigenvalue weighted by Gasteiger charge is 2.22. The molecule has 0 fully saturated rings. The van der Waals surface area contributed by atoms with Gasteiger partial charge in [-0.3, -0.25) is 18.7 Å². The summed E-state index contributed by atoms with van der Waals surface area (Å²) in [7, 11) is 0. The molecule has 7 nitrogen and oxygen atoms in total. The second kappa shape index (κ2) is 8.72. The number of thiocarbonyl (C=S) groups is 1. The lowest BCUT2D eigenvalue weighted by molar-refractivity contribution is 0.0974. The zero-order chi connectivity index (χ0) is 20.1. The number of rotatable bonds is 6. The van der Waals surface area contributed by atoms with E-state index in [2.05, 4.69) is 5.32 Å². The summed E-state index contributed by atoms with van der Waals surface area (Å²) in [6.07, 6.45) is 1.17. The summed E-state index contributed by atoms with van der Waals surface area (Å²) in [5.41, 5.74) is 4.47. The van der Waals surface area contributed by atoms with E-state index < -0.39 is 23.0 Å². The molecule has 2 aromatic rings. The van der Waals surface area contributed by atoms with E-state index in [4.69, 9.17) is 18.0 Å². The third-order valence-electron chi connectivity index (χ3n) is 3.93. The fourth-order valence-electron chi connectivity index (χ4n) is 2.67. The van der Waals surface area contributed by atoms with Gasteiger partial charge in [-0.1, -0.05) is 38.2 Å². The normalized spacial score (nSPS) is 10.6. The molecule has 0 aliphatic carbocycles. The lowest BCUT2D eigenvalue weighted by Gasteiger charge is -2.17. The molecule has 0 bridgehead atoms. The smallest absolute Gasteiger partial charge is 0.332 e. The first-order valence-electron chi connectivity index (χ1n) is 8.56. The summed E-state index contributed by atoms with van der Waals surface area (Å²) in [6.45, 7) is 4.17. The van der Waals surface area contributed by atoms with Gasteiger partial charge in [0, 0.05) is 13.1 Å². The average molecular weight is 392 g/mol. The van der Waals surface area contributed by atoms with E-state index in [-0.39, 0.29) is 28.5 Å². The molecule has 9 heteroatoms. The highest BCUT2D eigenvalue weighted by atomic mass is 32.1. The highest BCUT2D eigenvalue weighted by Crippen LogP contribution is 2.10. The van der Waals surface area contributed by atoms with Gasteiger partial charge in [0.1, 0.15) is 22.2 Å². The Kier molecular flexibility index (Phi) is 6.62. The number of aromatic nitrogens is 2. The highest BCUT2D eigenvalue weighted by molar-refractivity contribution is 7.80. The topological polar surface area (TPSA) is 99.1 Å². The van der Waals surface area contributed by atoms with E-state index in [1.54, 1.807) is 0 Å². The van der Waals surface area contributed by atoms with E-state index in [1.165, 1.54) is 22.8 Å². The number of nitrogen functional groups attached to an aromatic ring is 1. The van der Waals surface area contributed by atoms with Gasteiger partial charge in [0.25, 0.3) is 11.5 Å². The number of nitrogens with zero attached hydrogens (tertiary/aromatic N) is 2. The van der Waals surface area contributed by atoms with Crippen LogP contribution in [-0.2, 0) is 13.1 Å². The maximum atomic E-state index is 13.8. The molecule has 1 aromatic heterocycles. The van der Waals surface area contributed by atoms with Crippen LogP contribution in [0.25, 0.3) is 0 Å². The second-order valence-corrected chi connectivity index (χ2v) is 6.32. The fraction of sp³-hybridized carbons (Fsp3) is 0.333. The van der Waals surface area contributed by atoms with Gasteiger partial charge in [0.15, 0.2) is 0 Å². The molecule has 0 saturated heterocycles. The molecule has 2 rings (SSSR count). The van der Waals surface area contributed by atoms with Crippen molar-refractivity contribution in [2.75, 3.05) is 5.73 Å². The molecular formula is C18H21FN4O3S. The number of anilines is 1. The van der Waals surface area contributed by atoms with Crippen molar-refractivity contribution in [1.29, 1.82) is 0 Å². The van der Waals surface area contributed by atoms with Crippen molar-refractivity contribution < 1.29 is 9.18 Å². The molecule has 0 spiro atoms. The number of nitrogens with one attached hydrogen (secondary N) is 1. The van der Waals surface area contributed by atoms with Gasteiger partial charge in [-0.2, -0.15) is 0 Å². The number of carbonyl (C=O) groups excluding carboxylic acids is 1. The van der Waals surface area contributed by atoms with Crippen LogP contribution in [0.5, 0.6) is 0 Å². The fourth-order valence-corrected chi connectivity index (χ4v) is 2.95. The van der Waals surface area contributed by atoms with Crippen LogP contribution in [0.1, 0.15) is 42.6 Å². The lowest BCUT2D eigenvalue weighted by atomic mass is 10.2. The summed E-state index contributed by atoms with van der Waals surface area (Å²) >= 11 is 5.18. The van der Waals surface area contributed by atoms with E-state index in [1.807, 2.05) is 13.8 Å². The molecule has 3 N–H and O–H groups in total. The third-order valence-corrected chi connectivity index (χ3v) is 4.24. The number of carbonyl (C=O) groups is 1. The zero-order valence-corrected chi connectivity index (χ0v) is 15.9. The number of nitrogens with two attached hydrogens (primary N) is 1. The van der Waals surface area contributed by atoms with Crippen LogP contribution in [-0.4, -0.2) is 20.0 Å². The SMILES string of the molecule is CCCn1c(N)c(C(=S)NC(=O)c2ccccc2F)c(=O)n(CCC)c1=O. The molecule has 1 amide bonds. The molecule has 0 radical (unpaired) electrons. The Hall–Kier alpha value is -2.81. The molecular weight excluding hydrogens is 371 g/mol. The lowest BCUT2D eigenvalue weighted by Crippen LogP contribution is -2.46. The van der Waals surface area contributed by atoms with Crippen LogP contribution >= 0.6 is 12.2 Å². The van der Waals surface area contributed by atoms with Crippen LogP contribution in [0.15, 0.2) is 33.9 Å². The van der Waals surface area contributed by atoms with Gasteiger partial charge in [0.05, 0.1) is 5.56 Å². The number of benzene rings is 1. The Morgan fingerprint density at radius 3 is 2.33 bits per heavy atom. The van der Waals surface area contributed by atoms with Gasteiger partial charge >= 0.3 is 5.69 Å². The molecule has 0 saturated carbocycles. The summed E-state index contributed by atoms with van der Waals surface area (Å²) in [5, 5.41) is 2.34. The quantitative estimate of drug-likeness (QED) is 0.729. The van der Waals surface area contributed by atoms with E-state index in [9.17, 15) is 18.8 Å². The minimum atomic E-state index is -0.799. The summed E-state index contributed by atoms with van der Waals surface area (Å²) in [5.74, 6) is -1.63. The maximum Gasteiger partial charge on any atom is 0.332 e. The molecule has 1 aromatic carbocycles. The zero-order valence-electron chi connectivity index (χ0n) is 15.1. The van der Waals surface area contributed by atoms with Crippen molar-refractivity contribution in [3.05, 3.63) is 62.0 Å². The van der Waals surface area contributed by atoms with Crippen LogP contribution < -0.4 is 22.3 Å². The Balaban J connectivity index is 2.52. The first-order valence-corrected chi connectivity index (χ1v) is 8.97. The summed E-state index contributed by atoms with van der Waals surface area (Å²) in [4.78, 5) is 37.3. The van der Waals surface area contributed by atoms with Gasteiger partial charge in [-0.05, 0) is 25.0 Å². The van der Waals surface area contributed by atoms with Crippen molar-refractivity contribution in [3.63, 3.8) is 0 Å². The van der Waals surface area contributed by atoms with Gasteiger partial charge < -0.3 is 11.1 Å². The Labute approximate surface area is 160 Å². The molecule has 0 aliphatic heterocycles. The second-order valence-electron chi connectivity index (χ2n) is 5.91. The molecule has 27 heavy (non-hydrogen) atoms. The van der Waals surface area contributed by atoms with Gasteiger partial charge in [-0.15, -0.1) is 0 Å². The largest absolute Gasteiger partial charge is 0.384 e. The Bertz CT molecular complexity index is 997. The van der Waals surface area contributed by atoms with Gasteiger partial charge in [-0.25, -0.2) is 9.18 Å². The van der Waals surface area contributed by atoms with Crippen molar-refractivity contribution in [2.24, 2.45) is 0 Å². The first-order chi connectivity index (χ1) is 12.8. The van der Waals surface area contributed by atoms with Crippen LogP contribution in [0.4, 0.5) is 10.2 Å². The van der Waals surface area contributed by atoms with Crippen LogP contribution in [0, 0.1) is 5.82 Å². The first kappa shape index (κ1) is 20.5. The average Bonchev–Trinajstić information content (AvgIpc) is 2.62. The minimum Gasteiger partial charge on any atom is -0.384 e. The number of halogens is 1. The van der Waals surface area contributed by atoms with Crippen LogP contribution in [0.2, 0.25) is 0 Å². The number of hydrogen-bond acceptors (Lipinski definition) is 5. The summed E-state index contributed by atoms with van der Waals surface area (Å²) in [6, 6.07) is 5.39. The molecule has 0 unspecified atom stereocenters. The predicted molar refractivity (Wildman–Crippen MR) is 106 cm³/mol. The van der Waals surface area contributed by atoms with E-state index in [0.717, 1.165) is 10.6 Å². The molecule has 144 valence electrons. The molecule has 0 aliphatic rings. The van der Waals surface area contributed by atoms with Crippen molar-refractivity contribution >= 4 is 28.9 Å². The van der Waals surface area contributed by atoms with E-state index >= 15 is 0 Å². The van der Waals surface area contributed by atoms with Crippen molar-refractivity contribution in [1.82, 2.24) is 14.5 Å². The van der Waals surface area contributed by atoms with Gasteiger partial charge in [0.2, 0.25) is 0 Å². The van der Waals surface area contributed by atoms with Crippen molar-refractivity contribution in [3.8, 4) is 0 Å². The molecule has 0 atom stereocenters. The standard InChI is InChI=1S/C18H21FN4O3S/c1-3-9-22-14(20)13(17(25)23(10-4-2)18(22)26)16(27)21-15(24)11-7-5-6-8-12(11)19/h5-8H,3-4,9-10,20H2,1-2H3,(H,21,24,27). The minimum absolute atomic E-state index is 0.113. The van der Waals surface area contributed by atoms with Crippen molar-refractivity contribution in [2.45, 2.75) is 39.8 Å².